The minimum atomic E-state index is 0. The van der Waals surface area contributed by atoms with Gasteiger partial charge in [-0.25, -0.2) is 0 Å². The van der Waals surface area contributed by atoms with E-state index in [0.29, 0.717) is 5.41 Å². The van der Waals surface area contributed by atoms with Gasteiger partial charge in [0.1, 0.15) is 0 Å². The Hall–Kier alpha value is -0.820. The molecule has 0 unspecified atom stereocenters. The molecule has 2 fully saturated rings. The van der Waals surface area contributed by atoms with Gasteiger partial charge in [-0.2, -0.15) is 0 Å². The number of nitrogens with one attached hydrogen (secondary N) is 2. The van der Waals surface area contributed by atoms with Crippen LogP contribution in [-0.4, -0.2) is 39.3 Å². The molecule has 1 saturated heterocycles. The SMILES string of the molecule is CCC1(CNC(=NC)NCC2(c3ccccc3)CCOCC2)CCC1.I. The summed E-state index contributed by atoms with van der Waals surface area (Å²) in [4.78, 5) is 4.46. The van der Waals surface area contributed by atoms with Crippen molar-refractivity contribution in [1.29, 1.82) is 0 Å². The first-order valence-corrected chi connectivity index (χ1v) is 9.80. The zero-order valence-corrected chi connectivity index (χ0v) is 18.6. The Morgan fingerprint density at radius 2 is 1.69 bits per heavy atom. The van der Waals surface area contributed by atoms with E-state index in [9.17, 15) is 0 Å². The van der Waals surface area contributed by atoms with Crippen LogP contribution in [0, 0.1) is 5.41 Å². The van der Waals surface area contributed by atoms with Gasteiger partial charge in [0.2, 0.25) is 0 Å². The summed E-state index contributed by atoms with van der Waals surface area (Å²) in [5.74, 6) is 0.932. The van der Waals surface area contributed by atoms with Gasteiger partial charge in [0.05, 0.1) is 0 Å². The summed E-state index contributed by atoms with van der Waals surface area (Å²) in [6.45, 7) is 5.91. The van der Waals surface area contributed by atoms with E-state index in [1.54, 1.807) is 0 Å². The average molecular weight is 471 g/mol. The zero-order valence-electron chi connectivity index (χ0n) is 16.2. The van der Waals surface area contributed by atoms with Gasteiger partial charge in [0.25, 0.3) is 0 Å². The molecule has 0 amide bonds. The number of hydrogen-bond acceptors (Lipinski definition) is 2. The number of benzene rings is 1. The minimum absolute atomic E-state index is 0. The van der Waals surface area contributed by atoms with Crippen LogP contribution in [0.15, 0.2) is 35.3 Å². The molecule has 1 aromatic rings. The van der Waals surface area contributed by atoms with Crippen molar-refractivity contribution in [2.75, 3.05) is 33.4 Å². The summed E-state index contributed by atoms with van der Waals surface area (Å²) in [6.07, 6.45) is 7.43. The number of aliphatic imine (C=N–C) groups is 1. The molecule has 0 bridgehead atoms. The fraction of sp³-hybridized carbons (Fsp3) is 0.667. The summed E-state index contributed by atoms with van der Waals surface area (Å²) < 4.78 is 5.63. The Labute approximate surface area is 175 Å². The number of guanidine groups is 1. The first kappa shape index (κ1) is 21.5. The number of hydrogen-bond donors (Lipinski definition) is 2. The molecule has 26 heavy (non-hydrogen) atoms. The number of halogens is 1. The molecule has 4 nitrogen and oxygen atoms in total. The molecule has 0 radical (unpaired) electrons. The molecule has 1 saturated carbocycles. The van der Waals surface area contributed by atoms with Gasteiger partial charge in [-0.3, -0.25) is 4.99 Å². The van der Waals surface area contributed by atoms with E-state index in [1.807, 2.05) is 7.05 Å². The Kier molecular flexibility index (Phi) is 8.20. The van der Waals surface area contributed by atoms with Crippen molar-refractivity contribution < 1.29 is 4.74 Å². The minimum Gasteiger partial charge on any atom is -0.381 e. The first-order chi connectivity index (χ1) is 12.2. The fourth-order valence-electron chi connectivity index (χ4n) is 4.20. The second-order valence-electron chi connectivity index (χ2n) is 7.75. The molecule has 1 aliphatic carbocycles. The zero-order chi connectivity index (χ0) is 17.6. The van der Waals surface area contributed by atoms with Gasteiger partial charge in [-0.1, -0.05) is 43.7 Å². The number of nitrogens with zero attached hydrogens (tertiary/aromatic N) is 1. The molecule has 1 heterocycles. The maximum atomic E-state index is 5.63. The molecule has 146 valence electrons. The molecule has 2 aliphatic rings. The fourth-order valence-corrected chi connectivity index (χ4v) is 4.20. The van der Waals surface area contributed by atoms with Crippen molar-refractivity contribution in [2.24, 2.45) is 10.4 Å². The topological polar surface area (TPSA) is 45.7 Å². The standard InChI is InChI=1S/C21H33N3O.HI/c1-3-20(10-7-11-20)16-23-19(22-2)24-17-21(12-14-25-15-13-21)18-8-5-4-6-9-18;/h4-6,8-9H,3,7,10-17H2,1-2H3,(H2,22,23,24);1H. The highest BCUT2D eigenvalue weighted by atomic mass is 127. The van der Waals surface area contributed by atoms with Crippen molar-refractivity contribution >= 4 is 29.9 Å². The van der Waals surface area contributed by atoms with E-state index in [2.05, 4.69) is 52.9 Å². The molecule has 5 heteroatoms. The maximum Gasteiger partial charge on any atom is 0.191 e. The van der Waals surface area contributed by atoms with Crippen LogP contribution in [0.25, 0.3) is 0 Å². The Morgan fingerprint density at radius 1 is 1.04 bits per heavy atom. The summed E-state index contributed by atoms with van der Waals surface area (Å²) in [6, 6.07) is 10.9. The van der Waals surface area contributed by atoms with Crippen LogP contribution in [0.4, 0.5) is 0 Å². The normalized spacial score (nSPS) is 21.2. The number of ether oxygens (including phenoxy) is 1. The van der Waals surface area contributed by atoms with E-state index < -0.39 is 0 Å². The number of rotatable bonds is 6. The van der Waals surface area contributed by atoms with Crippen LogP contribution < -0.4 is 10.6 Å². The lowest BCUT2D eigenvalue weighted by Crippen LogP contribution is -2.50. The van der Waals surface area contributed by atoms with E-state index in [4.69, 9.17) is 4.74 Å². The van der Waals surface area contributed by atoms with Crippen LogP contribution in [0.5, 0.6) is 0 Å². The summed E-state index contributed by atoms with van der Waals surface area (Å²) in [7, 11) is 1.87. The molecule has 0 aromatic heterocycles. The van der Waals surface area contributed by atoms with Gasteiger partial charge in [0.15, 0.2) is 5.96 Å². The van der Waals surface area contributed by atoms with Crippen LogP contribution in [-0.2, 0) is 10.2 Å². The van der Waals surface area contributed by atoms with Crippen LogP contribution >= 0.6 is 24.0 Å². The quantitative estimate of drug-likeness (QED) is 0.373. The predicted octanol–water partition coefficient (Wildman–Crippen LogP) is 4.10. The molecular weight excluding hydrogens is 437 g/mol. The second kappa shape index (κ2) is 9.93. The van der Waals surface area contributed by atoms with Gasteiger partial charge in [-0.15, -0.1) is 24.0 Å². The van der Waals surface area contributed by atoms with E-state index in [-0.39, 0.29) is 29.4 Å². The third-order valence-electron chi connectivity index (χ3n) is 6.45. The largest absolute Gasteiger partial charge is 0.381 e. The molecule has 0 spiro atoms. The third-order valence-corrected chi connectivity index (χ3v) is 6.45. The van der Waals surface area contributed by atoms with Gasteiger partial charge < -0.3 is 15.4 Å². The Morgan fingerprint density at radius 3 is 2.23 bits per heavy atom. The first-order valence-electron chi connectivity index (χ1n) is 9.80. The highest BCUT2D eigenvalue weighted by Gasteiger charge is 2.36. The second-order valence-corrected chi connectivity index (χ2v) is 7.75. The highest BCUT2D eigenvalue weighted by molar-refractivity contribution is 14.0. The lowest BCUT2D eigenvalue weighted by atomic mass is 9.67. The summed E-state index contributed by atoms with van der Waals surface area (Å²) >= 11 is 0. The van der Waals surface area contributed by atoms with Crippen molar-refractivity contribution in [3.63, 3.8) is 0 Å². The molecule has 0 atom stereocenters. The molecular formula is C21H34IN3O. The summed E-state index contributed by atoms with van der Waals surface area (Å²) in [5.41, 5.74) is 2.04. The maximum absolute atomic E-state index is 5.63. The summed E-state index contributed by atoms with van der Waals surface area (Å²) in [5, 5.41) is 7.19. The highest BCUT2D eigenvalue weighted by Crippen LogP contribution is 2.43. The van der Waals surface area contributed by atoms with Gasteiger partial charge >= 0.3 is 0 Å². The van der Waals surface area contributed by atoms with Gasteiger partial charge in [-0.05, 0) is 43.1 Å². The van der Waals surface area contributed by atoms with Crippen LogP contribution in [0.3, 0.4) is 0 Å². The Balaban J connectivity index is 0.00000243. The van der Waals surface area contributed by atoms with Crippen molar-refractivity contribution in [3.8, 4) is 0 Å². The van der Waals surface area contributed by atoms with E-state index >= 15 is 0 Å². The average Bonchev–Trinajstić information content (AvgIpc) is 2.65. The van der Waals surface area contributed by atoms with E-state index in [1.165, 1.54) is 31.2 Å². The molecule has 1 aliphatic heterocycles. The molecule has 1 aromatic carbocycles. The van der Waals surface area contributed by atoms with Crippen molar-refractivity contribution in [3.05, 3.63) is 35.9 Å². The Bertz CT molecular complexity index is 560. The molecule has 3 rings (SSSR count). The van der Waals surface area contributed by atoms with Crippen molar-refractivity contribution in [1.82, 2.24) is 10.6 Å². The van der Waals surface area contributed by atoms with Crippen molar-refractivity contribution in [2.45, 2.75) is 50.9 Å². The predicted molar refractivity (Wildman–Crippen MR) is 120 cm³/mol. The van der Waals surface area contributed by atoms with E-state index in [0.717, 1.165) is 45.1 Å². The van der Waals surface area contributed by atoms with Crippen LogP contribution in [0.2, 0.25) is 0 Å². The smallest absolute Gasteiger partial charge is 0.191 e. The van der Waals surface area contributed by atoms with Crippen LogP contribution in [0.1, 0.15) is 51.0 Å². The third kappa shape index (κ3) is 4.91. The lowest BCUT2D eigenvalue weighted by Gasteiger charge is -2.42. The lowest BCUT2D eigenvalue weighted by molar-refractivity contribution is 0.0513. The molecule has 2 N–H and O–H groups in total. The monoisotopic (exact) mass is 471 g/mol. The van der Waals surface area contributed by atoms with Gasteiger partial charge in [0, 0.05) is 38.8 Å².